The van der Waals surface area contributed by atoms with Crippen molar-refractivity contribution in [2.75, 3.05) is 5.32 Å². The van der Waals surface area contributed by atoms with Crippen molar-refractivity contribution in [2.45, 2.75) is 31.7 Å². The van der Waals surface area contributed by atoms with Gasteiger partial charge in [-0.05, 0) is 56.7 Å². The van der Waals surface area contributed by atoms with E-state index in [1.54, 1.807) is 26.8 Å². The Hall–Kier alpha value is -2.74. The molecule has 136 valence electrons. The zero-order valence-electron chi connectivity index (χ0n) is 14.4. The number of carbonyl (C=O) groups excluding carboxylic acids is 2. The van der Waals surface area contributed by atoms with Crippen molar-refractivity contribution >= 4 is 27.5 Å². The third-order valence-electron chi connectivity index (χ3n) is 4.11. The predicted molar refractivity (Wildman–Crippen MR) is 94.0 cm³/mol. The van der Waals surface area contributed by atoms with Gasteiger partial charge in [0, 0.05) is 17.3 Å². The first kappa shape index (κ1) is 18.1. The summed E-state index contributed by atoms with van der Waals surface area (Å²) >= 11 is 0. The van der Waals surface area contributed by atoms with E-state index in [9.17, 15) is 22.4 Å². The molecule has 8 heteroatoms. The Morgan fingerprint density at radius 3 is 2.46 bits per heavy atom. The largest absolute Gasteiger partial charge is 0.322 e. The first-order chi connectivity index (χ1) is 12.1. The number of rotatable bonds is 3. The molecule has 0 radical (unpaired) electrons. The summed E-state index contributed by atoms with van der Waals surface area (Å²) in [5, 5.41) is 2.52. The highest BCUT2D eigenvalue weighted by Crippen LogP contribution is 2.32. The summed E-state index contributed by atoms with van der Waals surface area (Å²) in [5.41, 5.74) is 0.795. The maximum atomic E-state index is 13.6. The third-order valence-corrected chi connectivity index (χ3v) is 6.11. The Kier molecular flexibility index (Phi) is 4.31. The topological polar surface area (TPSA) is 83.6 Å². The number of hydrogen-bond donors (Lipinski definition) is 1. The van der Waals surface area contributed by atoms with Crippen LogP contribution in [-0.4, -0.2) is 30.6 Å². The molecule has 0 spiro atoms. The molecule has 0 bridgehead atoms. The van der Waals surface area contributed by atoms with E-state index < -0.39 is 33.7 Å². The maximum absolute atomic E-state index is 13.6. The Labute approximate surface area is 150 Å². The quantitative estimate of drug-likeness (QED) is 0.893. The molecule has 26 heavy (non-hydrogen) atoms. The molecule has 2 amide bonds. The van der Waals surface area contributed by atoms with Gasteiger partial charge in [-0.25, -0.2) is 17.1 Å². The summed E-state index contributed by atoms with van der Waals surface area (Å²) in [4.78, 5) is 24.5. The molecule has 1 aliphatic heterocycles. The van der Waals surface area contributed by atoms with E-state index in [0.717, 1.165) is 4.31 Å². The van der Waals surface area contributed by atoms with E-state index in [0.29, 0.717) is 5.56 Å². The van der Waals surface area contributed by atoms with Crippen molar-refractivity contribution < 1.29 is 22.4 Å². The Morgan fingerprint density at radius 2 is 1.85 bits per heavy atom. The maximum Gasteiger partial charge on any atom is 0.269 e. The molecular formula is C18H17FN2O4S. The lowest BCUT2D eigenvalue weighted by Gasteiger charge is -2.18. The van der Waals surface area contributed by atoms with Crippen molar-refractivity contribution in [2.24, 2.45) is 0 Å². The van der Waals surface area contributed by atoms with Crippen LogP contribution in [0.1, 0.15) is 40.1 Å². The summed E-state index contributed by atoms with van der Waals surface area (Å²) in [7, 11) is -3.99. The molecule has 0 saturated heterocycles. The van der Waals surface area contributed by atoms with Crippen LogP contribution in [0.15, 0.2) is 41.3 Å². The molecule has 0 unspecified atom stereocenters. The number of anilines is 1. The van der Waals surface area contributed by atoms with Gasteiger partial charge in [0.25, 0.3) is 21.8 Å². The van der Waals surface area contributed by atoms with Gasteiger partial charge in [-0.2, -0.15) is 0 Å². The molecule has 6 nitrogen and oxygen atoms in total. The molecule has 1 aliphatic rings. The van der Waals surface area contributed by atoms with Crippen LogP contribution in [0.5, 0.6) is 0 Å². The van der Waals surface area contributed by atoms with Crippen molar-refractivity contribution in [3.63, 3.8) is 0 Å². The van der Waals surface area contributed by atoms with Crippen LogP contribution in [0.4, 0.5) is 10.1 Å². The van der Waals surface area contributed by atoms with Crippen LogP contribution in [0.25, 0.3) is 0 Å². The van der Waals surface area contributed by atoms with Gasteiger partial charge >= 0.3 is 0 Å². The summed E-state index contributed by atoms with van der Waals surface area (Å²) in [6, 6.07) is 7.58. The predicted octanol–water partition coefficient (Wildman–Crippen LogP) is 2.94. The number of aryl methyl sites for hydroxylation is 1. The summed E-state index contributed by atoms with van der Waals surface area (Å²) in [6.07, 6.45) is 0. The number of fused-ring (bicyclic) bond motifs is 1. The Balaban J connectivity index is 1.95. The van der Waals surface area contributed by atoms with Crippen molar-refractivity contribution in [3.8, 4) is 0 Å². The highest BCUT2D eigenvalue weighted by molar-refractivity contribution is 7.90. The molecule has 0 fully saturated rings. The lowest BCUT2D eigenvalue weighted by molar-refractivity contribution is 0.0846. The smallest absolute Gasteiger partial charge is 0.269 e. The third kappa shape index (κ3) is 2.86. The number of sulfonamides is 1. The fraction of sp³-hybridized carbons (Fsp3) is 0.222. The molecule has 1 heterocycles. The number of benzene rings is 2. The second-order valence-electron chi connectivity index (χ2n) is 6.33. The molecule has 0 saturated carbocycles. The van der Waals surface area contributed by atoms with Gasteiger partial charge in [-0.15, -0.1) is 0 Å². The van der Waals surface area contributed by atoms with Crippen molar-refractivity contribution in [3.05, 3.63) is 58.9 Å². The number of hydrogen-bond acceptors (Lipinski definition) is 4. The van der Waals surface area contributed by atoms with Crippen LogP contribution in [0.2, 0.25) is 0 Å². The molecule has 0 aromatic heterocycles. The minimum Gasteiger partial charge on any atom is -0.322 e. The van der Waals surface area contributed by atoms with Crippen molar-refractivity contribution in [1.82, 2.24) is 4.31 Å². The van der Waals surface area contributed by atoms with Gasteiger partial charge in [-0.1, -0.05) is 6.07 Å². The second-order valence-corrected chi connectivity index (χ2v) is 8.11. The fourth-order valence-corrected chi connectivity index (χ4v) is 4.57. The average Bonchev–Trinajstić information content (AvgIpc) is 2.77. The van der Waals surface area contributed by atoms with E-state index in [1.807, 2.05) is 0 Å². The number of carbonyl (C=O) groups is 2. The fourth-order valence-electron chi connectivity index (χ4n) is 2.77. The van der Waals surface area contributed by atoms with Gasteiger partial charge < -0.3 is 5.32 Å². The molecule has 2 aromatic carbocycles. The van der Waals surface area contributed by atoms with Crippen LogP contribution in [-0.2, 0) is 10.0 Å². The minimum absolute atomic E-state index is 0.0385. The lowest BCUT2D eigenvalue weighted by atomic mass is 10.1. The Bertz CT molecular complexity index is 1030. The minimum atomic E-state index is -3.99. The van der Waals surface area contributed by atoms with Gasteiger partial charge in [0.2, 0.25) is 0 Å². The molecule has 0 aliphatic carbocycles. The molecule has 1 N–H and O–H groups in total. The van der Waals surface area contributed by atoms with E-state index in [1.165, 1.54) is 30.3 Å². The number of halogens is 1. The normalized spacial score (nSPS) is 15.3. The van der Waals surface area contributed by atoms with Crippen LogP contribution in [0.3, 0.4) is 0 Å². The summed E-state index contributed by atoms with van der Waals surface area (Å²) < 4.78 is 39.6. The standard InChI is InChI=1S/C18H17FN2O4S/c1-10(2)21-18(23)14-7-5-12(8-16(14)26(21,24)25)17(22)20-13-6-4-11(3)15(19)9-13/h4-10H,1-3H3,(H,20,22). The monoisotopic (exact) mass is 376 g/mol. The van der Waals surface area contributed by atoms with Crippen molar-refractivity contribution in [1.29, 1.82) is 0 Å². The zero-order valence-corrected chi connectivity index (χ0v) is 15.2. The first-order valence-electron chi connectivity index (χ1n) is 7.93. The highest BCUT2D eigenvalue weighted by Gasteiger charge is 2.42. The summed E-state index contributed by atoms with van der Waals surface area (Å²) in [6.45, 7) is 4.80. The van der Waals surface area contributed by atoms with Gasteiger partial charge in [0.1, 0.15) is 10.7 Å². The lowest BCUT2D eigenvalue weighted by Crippen LogP contribution is -2.36. The summed E-state index contributed by atoms with van der Waals surface area (Å²) in [5.74, 6) is -1.67. The number of amides is 2. The van der Waals surface area contributed by atoms with E-state index in [-0.39, 0.29) is 21.7 Å². The van der Waals surface area contributed by atoms with E-state index in [2.05, 4.69) is 5.32 Å². The van der Waals surface area contributed by atoms with Gasteiger partial charge in [0.05, 0.1) is 5.56 Å². The van der Waals surface area contributed by atoms with Crippen LogP contribution in [0, 0.1) is 12.7 Å². The Morgan fingerprint density at radius 1 is 1.15 bits per heavy atom. The molecular weight excluding hydrogens is 359 g/mol. The zero-order chi connectivity index (χ0) is 19.2. The van der Waals surface area contributed by atoms with E-state index in [4.69, 9.17) is 0 Å². The van der Waals surface area contributed by atoms with Gasteiger partial charge in [-0.3, -0.25) is 9.59 Å². The van der Waals surface area contributed by atoms with Crippen LogP contribution < -0.4 is 5.32 Å². The first-order valence-corrected chi connectivity index (χ1v) is 9.37. The SMILES string of the molecule is Cc1ccc(NC(=O)c2ccc3c(c2)S(=O)(=O)N(C(C)C)C3=O)cc1F. The number of nitrogens with one attached hydrogen (secondary N) is 1. The molecule has 2 aromatic rings. The van der Waals surface area contributed by atoms with E-state index >= 15 is 0 Å². The molecule has 3 rings (SSSR count). The average molecular weight is 376 g/mol. The second kappa shape index (κ2) is 6.21. The molecule has 0 atom stereocenters. The van der Waals surface area contributed by atoms with Gasteiger partial charge in [0.15, 0.2) is 0 Å². The number of nitrogens with zero attached hydrogens (tertiary/aromatic N) is 1. The van der Waals surface area contributed by atoms with Crippen LogP contribution >= 0.6 is 0 Å². The highest BCUT2D eigenvalue weighted by atomic mass is 32.2.